The highest BCUT2D eigenvalue weighted by molar-refractivity contribution is 5.55. The quantitative estimate of drug-likeness (QED) is 0.842. The normalized spacial score (nSPS) is 20.1. The van der Waals surface area contributed by atoms with Crippen molar-refractivity contribution in [2.45, 2.75) is 25.9 Å². The zero-order chi connectivity index (χ0) is 11.5. The Morgan fingerprint density at radius 3 is 2.94 bits per heavy atom. The molecule has 0 aliphatic carbocycles. The zero-order valence-electron chi connectivity index (χ0n) is 10.1. The maximum Gasteiger partial charge on any atom is 0.0670 e. The molecule has 88 valence electrons. The molecule has 1 aliphatic rings. The van der Waals surface area contributed by atoms with Gasteiger partial charge in [-0.15, -0.1) is 0 Å². The van der Waals surface area contributed by atoms with Crippen LogP contribution in [0.25, 0.3) is 0 Å². The van der Waals surface area contributed by atoms with Gasteiger partial charge in [0.15, 0.2) is 0 Å². The third kappa shape index (κ3) is 2.20. The van der Waals surface area contributed by atoms with Crippen LogP contribution in [-0.2, 0) is 11.3 Å². The summed E-state index contributed by atoms with van der Waals surface area (Å²) in [4.78, 5) is 2.30. The molecule has 1 unspecified atom stereocenters. The molecule has 1 fully saturated rings. The van der Waals surface area contributed by atoms with Gasteiger partial charge < -0.3 is 15.4 Å². The van der Waals surface area contributed by atoms with E-state index in [2.05, 4.69) is 37.1 Å². The third-order valence-corrected chi connectivity index (χ3v) is 3.29. The minimum Gasteiger partial charge on any atom is -0.379 e. The SMILES string of the molecule is Cc1ccc(N(C)C2CCOC2)c(CN)c1. The maximum atomic E-state index is 5.80. The standard InChI is InChI=1S/C13H20N2O/c1-10-3-4-13(11(7-10)8-14)15(2)12-5-6-16-9-12/h3-4,7,12H,5-6,8-9,14H2,1-2H3. The summed E-state index contributed by atoms with van der Waals surface area (Å²) in [5.41, 5.74) is 9.52. The van der Waals surface area contributed by atoms with Crippen molar-refractivity contribution in [2.24, 2.45) is 5.73 Å². The van der Waals surface area contributed by atoms with Crippen LogP contribution in [0, 0.1) is 6.92 Å². The maximum absolute atomic E-state index is 5.80. The second-order valence-electron chi connectivity index (χ2n) is 4.46. The van der Waals surface area contributed by atoms with Gasteiger partial charge >= 0.3 is 0 Å². The van der Waals surface area contributed by atoms with E-state index >= 15 is 0 Å². The molecule has 1 aromatic carbocycles. The van der Waals surface area contributed by atoms with Crippen LogP contribution in [0.15, 0.2) is 18.2 Å². The molecule has 0 amide bonds. The largest absolute Gasteiger partial charge is 0.379 e. The van der Waals surface area contributed by atoms with Crippen molar-refractivity contribution in [3.8, 4) is 0 Å². The molecule has 1 aromatic rings. The first kappa shape index (κ1) is 11.4. The third-order valence-electron chi connectivity index (χ3n) is 3.29. The van der Waals surface area contributed by atoms with Crippen molar-refractivity contribution in [2.75, 3.05) is 25.2 Å². The van der Waals surface area contributed by atoms with E-state index in [1.165, 1.54) is 16.8 Å². The lowest BCUT2D eigenvalue weighted by Gasteiger charge is -2.27. The average molecular weight is 220 g/mol. The number of ether oxygens (including phenoxy) is 1. The van der Waals surface area contributed by atoms with E-state index in [9.17, 15) is 0 Å². The number of nitrogens with two attached hydrogens (primary N) is 1. The summed E-state index contributed by atoms with van der Waals surface area (Å²) in [6, 6.07) is 6.96. The van der Waals surface area contributed by atoms with Crippen LogP contribution in [-0.4, -0.2) is 26.3 Å². The molecular formula is C13H20N2O. The molecule has 2 N–H and O–H groups in total. The molecule has 0 aromatic heterocycles. The second-order valence-corrected chi connectivity index (χ2v) is 4.46. The first-order valence-corrected chi connectivity index (χ1v) is 5.82. The van der Waals surface area contributed by atoms with E-state index in [0.717, 1.165) is 19.6 Å². The molecule has 16 heavy (non-hydrogen) atoms. The number of hydrogen-bond acceptors (Lipinski definition) is 3. The molecule has 0 bridgehead atoms. The van der Waals surface area contributed by atoms with Crippen LogP contribution in [0.5, 0.6) is 0 Å². The topological polar surface area (TPSA) is 38.5 Å². The van der Waals surface area contributed by atoms with Gasteiger partial charge in [0.25, 0.3) is 0 Å². The molecule has 2 rings (SSSR count). The monoisotopic (exact) mass is 220 g/mol. The van der Waals surface area contributed by atoms with Crippen molar-refractivity contribution in [3.05, 3.63) is 29.3 Å². The molecule has 0 saturated carbocycles. The zero-order valence-corrected chi connectivity index (χ0v) is 10.1. The van der Waals surface area contributed by atoms with Crippen molar-refractivity contribution >= 4 is 5.69 Å². The minimum atomic E-state index is 0.494. The van der Waals surface area contributed by atoms with E-state index in [0.29, 0.717) is 12.6 Å². The molecule has 0 spiro atoms. The highest BCUT2D eigenvalue weighted by atomic mass is 16.5. The number of hydrogen-bond donors (Lipinski definition) is 1. The van der Waals surface area contributed by atoms with Crippen LogP contribution in [0.1, 0.15) is 17.5 Å². The highest BCUT2D eigenvalue weighted by Gasteiger charge is 2.21. The van der Waals surface area contributed by atoms with Gasteiger partial charge in [-0.05, 0) is 25.0 Å². The summed E-state index contributed by atoms with van der Waals surface area (Å²) in [5, 5.41) is 0. The van der Waals surface area contributed by atoms with Crippen molar-refractivity contribution in [1.82, 2.24) is 0 Å². The highest BCUT2D eigenvalue weighted by Crippen LogP contribution is 2.25. The van der Waals surface area contributed by atoms with E-state index in [1.54, 1.807) is 0 Å². The average Bonchev–Trinajstić information content (AvgIpc) is 2.81. The van der Waals surface area contributed by atoms with Gasteiger partial charge in [0.05, 0.1) is 12.6 Å². The first-order valence-electron chi connectivity index (χ1n) is 5.82. The molecule has 3 heteroatoms. The number of benzene rings is 1. The van der Waals surface area contributed by atoms with Crippen LogP contribution in [0.4, 0.5) is 5.69 Å². The Morgan fingerprint density at radius 2 is 2.31 bits per heavy atom. The second kappa shape index (κ2) is 4.85. The smallest absolute Gasteiger partial charge is 0.0670 e. The van der Waals surface area contributed by atoms with Gasteiger partial charge in [-0.25, -0.2) is 0 Å². The van der Waals surface area contributed by atoms with Crippen molar-refractivity contribution < 1.29 is 4.74 Å². The first-order chi connectivity index (χ1) is 7.72. The lowest BCUT2D eigenvalue weighted by atomic mass is 10.1. The lowest BCUT2D eigenvalue weighted by molar-refractivity contribution is 0.193. The summed E-state index contributed by atoms with van der Waals surface area (Å²) < 4.78 is 5.42. The van der Waals surface area contributed by atoms with Gasteiger partial charge in [-0.3, -0.25) is 0 Å². The van der Waals surface area contributed by atoms with Gasteiger partial charge in [0, 0.05) is 25.9 Å². The number of aryl methyl sites for hydroxylation is 1. The molecular weight excluding hydrogens is 200 g/mol. The number of likely N-dealkylation sites (N-methyl/N-ethyl adjacent to an activating group) is 1. The summed E-state index contributed by atoms with van der Waals surface area (Å²) in [5.74, 6) is 0. The fourth-order valence-corrected chi connectivity index (χ4v) is 2.25. The van der Waals surface area contributed by atoms with Gasteiger partial charge in [0.2, 0.25) is 0 Å². The Morgan fingerprint density at radius 1 is 1.50 bits per heavy atom. The van der Waals surface area contributed by atoms with Crippen LogP contribution < -0.4 is 10.6 Å². The molecule has 3 nitrogen and oxygen atoms in total. The Hall–Kier alpha value is -1.06. The summed E-state index contributed by atoms with van der Waals surface area (Å²) in [6.07, 6.45) is 1.11. The minimum absolute atomic E-state index is 0.494. The summed E-state index contributed by atoms with van der Waals surface area (Å²) in [7, 11) is 2.13. The molecule has 1 atom stereocenters. The Balaban J connectivity index is 2.24. The summed E-state index contributed by atoms with van der Waals surface area (Å²) in [6.45, 7) is 4.39. The number of rotatable bonds is 3. The fourth-order valence-electron chi connectivity index (χ4n) is 2.25. The van der Waals surface area contributed by atoms with Crippen molar-refractivity contribution in [1.29, 1.82) is 0 Å². The fraction of sp³-hybridized carbons (Fsp3) is 0.538. The Bertz CT molecular complexity index is 359. The van der Waals surface area contributed by atoms with E-state index in [-0.39, 0.29) is 0 Å². The van der Waals surface area contributed by atoms with Gasteiger partial charge in [-0.2, -0.15) is 0 Å². The Kier molecular flexibility index (Phi) is 3.46. The molecule has 1 aliphatic heterocycles. The number of anilines is 1. The number of nitrogens with zero attached hydrogens (tertiary/aromatic N) is 1. The van der Waals surface area contributed by atoms with Crippen molar-refractivity contribution in [3.63, 3.8) is 0 Å². The van der Waals surface area contributed by atoms with E-state index < -0.39 is 0 Å². The Labute approximate surface area is 97.2 Å². The molecule has 0 radical (unpaired) electrons. The predicted molar refractivity (Wildman–Crippen MR) is 66.7 cm³/mol. The van der Waals surface area contributed by atoms with Gasteiger partial charge in [0.1, 0.15) is 0 Å². The molecule has 1 heterocycles. The van der Waals surface area contributed by atoms with Crippen LogP contribution in [0.3, 0.4) is 0 Å². The summed E-state index contributed by atoms with van der Waals surface area (Å²) >= 11 is 0. The lowest BCUT2D eigenvalue weighted by Crippen LogP contribution is -2.32. The van der Waals surface area contributed by atoms with E-state index in [4.69, 9.17) is 10.5 Å². The predicted octanol–water partition coefficient (Wildman–Crippen LogP) is 1.68. The van der Waals surface area contributed by atoms with Gasteiger partial charge in [-0.1, -0.05) is 17.7 Å². The molecule has 1 saturated heterocycles. The van der Waals surface area contributed by atoms with Crippen LogP contribution in [0.2, 0.25) is 0 Å². The van der Waals surface area contributed by atoms with E-state index in [1.807, 2.05) is 0 Å². The van der Waals surface area contributed by atoms with Crippen LogP contribution >= 0.6 is 0 Å².